The lowest BCUT2D eigenvalue weighted by atomic mass is 9.96. The van der Waals surface area contributed by atoms with Crippen LogP contribution in [0.25, 0.3) is 12.2 Å². The number of aromatic hydroxyl groups is 2. The quantitative estimate of drug-likeness (QED) is 0.0770. The van der Waals surface area contributed by atoms with Crippen LogP contribution in [0.5, 0.6) is 11.5 Å². The van der Waals surface area contributed by atoms with E-state index in [-0.39, 0.29) is 18.1 Å². The van der Waals surface area contributed by atoms with E-state index in [0.29, 0.717) is 5.56 Å². The van der Waals surface area contributed by atoms with Gasteiger partial charge < -0.3 is 84.2 Å². The van der Waals surface area contributed by atoms with E-state index < -0.39 is 111 Å². The van der Waals surface area contributed by atoms with Crippen molar-refractivity contribution >= 4 is 18.1 Å². The first-order chi connectivity index (χ1) is 25.8. The summed E-state index contributed by atoms with van der Waals surface area (Å²) >= 11 is 0. The molecule has 0 bridgehead atoms. The van der Waals surface area contributed by atoms with E-state index in [1.54, 1.807) is 24.3 Å². The van der Waals surface area contributed by atoms with Gasteiger partial charge in [0.1, 0.15) is 72.5 Å². The molecule has 0 amide bonds. The fraction of sp³-hybridized carbons (Fsp3) is 0.528. The number of phenols is 2. The highest BCUT2D eigenvalue weighted by atomic mass is 16.8. The zero-order valence-electron chi connectivity index (χ0n) is 28.9. The van der Waals surface area contributed by atoms with Crippen molar-refractivity contribution in [1.82, 2.24) is 0 Å². The van der Waals surface area contributed by atoms with Crippen LogP contribution in [-0.2, 0) is 38.0 Å². The molecule has 3 heterocycles. The number of esters is 1. The molecule has 0 saturated carbocycles. The third kappa shape index (κ3) is 9.99. The number of carbonyl (C=O) groups excluding carboxylic acids is 1. The molecule has 0 aromatic heterocycles. The number of hydrogen-bond donors (Lipinski definition) is 10. The van der Waals surface area contributed by atoms with E-state index in [1.165, 1.54) is 49.4 Å². The van der Waals surface area contributed by atoms with Crippen LogP contribution in [-0.4, -0.2) is 169 Å². The van der Waals surface area contributed by atoms with Gasteiger partial charge >= 0.3 is 5.97 Å². The van der Waals surface area contributed by atoms with E-state index in [0.717, 1.165) is 11.6 Å². The average molecular weight is 767 g/mol. The first-order valence-electron chi connectivity index (χ1n) is 17.1. The molecule has 0 aliphatic carbocycles. The molecule has 0 radical (unpaired) electrons. The highest BCUT2D eigenvalue weighted by molar-refractivity contribution is 5.87. The molecule has 18 nitrogen and oxygen atoms in total. The van der Waals surface area contributed by atoms with Crippen molar-refractivity contribution < 1.29 is 89.0 Å². The average Bonchev–Trinajstić information content (AvgIpc) is 3.16. The van der Waals surface area contributed by atoms with Crippen molar-refractivity contribution in [2.24, 2.45) is 0 Å². The largest absolute Gasteiger partial charge is 0.508 e. The summed E-state index contributed by atoms with van der Waals surface area (Å²) in [5, 5.41) is 103. The van der Waals surface area contributed by atoms with Gasteiger partial charge in [-0.2, -0.15) is 0 Å². The topological polar surface area (TPSA) is 284 Å². The normalized spacial score (nSPS) is 37.5. The first-order valence-corrected chi connectivity index (χ1v) is 17.1. The Labute approximate surface area is 309 Å². The molecule has 3 aliphatic rings. The van der Waals surface area contributed by atoms with E-state index in [2.05, 4.69) is 0 Å². The summed E-state index contributed by atoms with van der Waals surface area (Å²) in [4.78, 5) is 13.0. The van der Waals surface area contributed by atoms with Crippen LogP contribution in [0.15, 0.2) is 60.7 Å². The molecule has 298 valence electrons. The minimum atomic E-state index is -1.92. The van der Waals surface area contributed by atoms with Gasteiger partial charge in [0.15, 0.2) is 25.0 Å². The number of ether oxygens (including phenoxy) is 7. The van der Waals surface area contributed by atoms with Crippen LogP contribution in [0.2, 0.25) is 0 Å². The molecule has 0 unspecified atom stereocenters. The maximum atomic E-state index is 13.0. The molecular weight excluding hydrogens is 720 g/mol. The van der Waals surface area contributed by atoms with Crippen molar-refractivity contribution in [3.63, 3.8) is 0 Å². The van der Waals surface area contributed by atoms with Gasteiger partial charge in [-0.15, -0.1) is 0 Å². The molecule has 2 aromatic rings. The van der Waals surface area contributed by atoms with Gasteiger partial charge in [-0.3, -0.25) is 0 Å². The van der Waals surface area contributed by atoms with Crippen molar-refractivity contribution in [2.75, 3.05) is 19.8 Å². The number of hydrogen-bond acceptors (Lipinski definition) is 18. The highest BCUT2D eigenvalue weighted by Crippen LogP contribution is 2.33. The van der Waals surface area contributed by atoms with E-state index in [1.807, 2.05) is 0 Å². The third-order valence-corrected chi connectivity index (χ3v) is 9.12. The number of benzene rings is 2. The predicted molar refractivity (Wildman–Crippen MR) is 182 cm³/mol. The zero-order valence-corrected chi connectivity index (χ0v) is 28.9. The van der Waals surface area contributed by atoms with Crippen molar-refractivity contribution in [2.45, 2.75) is 99.0 Å². The van der Waals surface area contributed by atoms with E-state index in [9.17, 15) is 55.9 Å². The summed E-state index contributed by atoms with van der Waals surface area (Å²) in [6.45, 7) is -0.197. The molecule has 3 fully saturated rings. The Morgan fingerprint density at radius 1 is 0.630 bits per heavy atom. The monoisotopic (exact) mass is 766 g/mol. The standard InChI is InChI=1S/C36H46O18/c1-17-31(53-36-28(45)26(43)25(42)22(15-37)50-36)27(44)29(46)35(49-17)54-33-30(47)34(48-14-2-3-18-4-9-20(39)10-5-18)51-23(16-38)32(33)52-24(41)13-8-19-6-11-21(40)12-7-19/h2-13,17,22-23,25-40,42-47H,14-16H2,1H3/b3-2+,13-8+/t17-,22+,23+,25+,26-,27-,28+,29+,30+,31-,32+,33+,34+,35-,36-/m0/s1. The lowest BCUT2D eigenvalue weighted by Gasteiger charge is -2.48. The van der Waals surface area contributed by atoms with Crippen LogP contribution in [0.3, 0.4) is 0 Å². The van der Waals surface area contributed by atoms with Gasteiger partial charge in [-0.25, -0.2) is 4.79 Å². The molecule has 15 atom stereocenters. The first kappa shape index (κ1) is 41.6. The molecule has 18 heteroatoms. The van der Waals surface area contributed by atoms with Crippen LogP contribution >= 0.6 is 0 Å². The number of carbonyl (C=O) groups is 1. The van der Waals surface area contributed by atoms with Crippen LogP contribution < -0.4 is 0 Å². The minimum absolute atomic E-state index is 0.0137. The van der Waals surface area contributed by atoms with Gasteiger partial charge in [-0.05, 0) is 48.4 Å². The van der Waals surface area contributed by atoms with Gasteiger partial charge in [0.2, 0.25) is 0 Å². The van der Waals surface area contributed by atoms with Crippen LogP contribution in [0.1, 0.15) is 18.1 Å². The summed E-state index contributed by atoms with van der Waals surface area (Å²) in [5.41, 5.74) is 1.26. The van der Waals surface area contributed by atoms with Gasteiger partial charge in [0.05, 0.1) is 25.9 Å². The van der Waals surface area contributed by atoms with Crippen LogP contribution in [0, 0.1) is 0 Å². The van der Waals surface area contributed by atoms with Gasteiger partial charge in [0, 0.05) is 6.08 Å². The second-order valence-electron chi connectivity index (χ2n) is 13.0. The Kier molecular flexibility index (Phi) is 14.5. The second-order valence-corrected chi connectivity index (χ2v) is 13.0. The summed E-state index contributed by atoms with van der Waals surface area (Å²) < 4.78 is 40.0. The molecule has 10 N–H and O–H groups in total. The summed E-state index contributed by atoms with van der Waals surface area (Å²) in [7, 11) is 0. The minimum Gasteiger partial charge on any atom is -0.508 e. The maximum Gasteiger partial charge on any atom is 0.331 e. The molecule has 5 rings (SSSR count). The highest BCUT2D eigenvalue weighted by Gasteiger charge is 2.54. The van der Waals surface area contributed by atoms with E-state index in [4.69, 9.17) is 33.2 Å². The fourth-order valence-electron chi connectivity index (χ4n) is 6.12. The Morgan fingerprint density at radius 2 is 1.17 bits per heavy atom. The zero-order chi connectivity index (χ0) is 39.1. The smallest absolute Gasteiger partial charge is 0.331 e. The molecule has 3 aliphatic heterocycles. The van der Waals surface area contributed by atoms with Crippen molar-refractivity contribution in [3.8, 4) is 11.5 Å². The summed E-state index contributed by atoms with van der Waals surface area (Å²) in [6, 6.07) is 12.2. The van der Waals surface area contributed by atoms with E-state index >= 15 is 0 Å². The van der Waals surface area contributed by atoms with Gasteiger partial charge in [-0.1, -0.05) is 36.4 Å². The maximum absolute atomic E-state index is 13.0. The molecular formula is C36H46O18. The third-order valence-electron chi connectivity index (χ3n) is 9.12. The van der Waals surface area contributed by atoms with Crippen LogP contribution in [0.4, 0.5) is 0 Å². The summed E-state index contributed by atoms with van der Waals surface area (Å²) in [5.74, 6) is -0.849. The lowest BCUT2D eigenvalue weighted by Crippen LogP contribution is -2.66. The Balaban J connectivity index is 1.32. The number of phenolic OH excluding ortho intramolecular Hbond substituents is 2. The predicted octanol–water partition coefficient (Wildman–Crippen LogP) is -2.13. The summed E-state index contributed by atoms with van der Waals surface area (Å²) in [6.07, 6.45) is -18.3. The fourth-order valence-corrected chi connectivity index (χ4v) is 6.12. The SMILES string of the molecule is C[C@@H]1O[C@@H](O[C@@H]2[C@@H](O)[C@H](OC/C=C/c3ccc(O)cc3)O[C@H](CO)[C@H]2OC(=O)/C=C/c2ccc(O)cc2)[C@H](O)[C@H](O)[C@H]1O[C@@H]1O[C@H](CO)[C@@H](O)[C@H](O)[C@H]1O. The van der Waals surface area contributed by atoms with Crippen molar-refractivity contribution in [1.29, 1.82) is 0 Å². The lowest BCUT2D eigenvalue weighted by molar-refractivity contribution is -0.376. The second kappa shape index (κ2) is 18.8. The Morgan fingerprint density at radius 3 is 1.78 bits per heavy atom. The Hall–Kier alpha value is -3.57. The molecule has 0 spiro atoms. The van der Waals surface area contributed by atoms with Gasteiger partial charge in [0.25, 0.3) is 0 Å². The number of rotatable bonds is 13. The van der Waals surface area contributed by atoms with Crippen molar-refractivity contribution in [3.05, 3.63) is 71.8 Å². The number of aliphatic hydroxyl groups is 8. The Bertz CT molecular complexity index is 1540. The molecule has 54 heavy (non-hydrogen) atoms. The molecule has 2 aromatic carbocycles. The number of aliphatic hydroxyl groups excluding tert-OH is 8. The molecule has 3 saturated heterocycles.